The Balaban J connectivity index is 2.69. The van der Waals surface area contributed by atoms with Crippen LogP contribution in [-0.2, 0) is 9.59 Å². The van der Waals surface area contributed by atoms with E-state index < -0.39 is 35.4 Å². The maximum absolute atomic E-state index is 13.6. The van der Waals surface area contributed by atoms with Crippen LogP contribution in [-0.4, -0.2) is 17.9 Å². The Hall–Kier alpha value is -2.42. The Morgan fingerprint density at radius 1 is 1.43 bits per heavy atom. The van der Waals surface area contributed by atoms with Gasteiger partial charge in [0.15, 0.2) is 0 Å². The monoisotopic (exact) mass is 294 g/mol. The molecule has 0 aromatic heterocycles. The molecule has 2 atom stereocenters. The Kier molecular flexibility index (Phi) is 5.85. The van der Waals surface area contributed by atoms with Gasteiger partial charge in [0, 0.05) is 18.9 Å². The van der Waals surface area contributed by atoms with Crippen molar-refractivity contribution in [2.24, 2.45) is 5.73 Å². The Morgan fingerprint density at radius 3 is 2.62 bits per heavy atom. The van der Waals surface area contributed by atoms with Crippen molar-refractivity contribution in [1.82, 2.24) is 5.32 Å². The van der Waals surface area contributed by atoms with Crippen molar-refractivity contribution in [2.45, 2.75) is 31.7 Å². The van der Waals surface area contributed by atoms with Crippen molar-refractivity contribution < 1.29 is 18.4 Å². The van der Waals surface area contributed by atoms with Gasteiger partial charge in [-0.3, -0.25) is 9.59 Å². The number of terminal acetylenes is 1. The Labute approximate surface area is 121 Å². The van der Waals surface area contributed by atoms with Crippen LogP contribution in [0.3, 0.4) is 0 Å². The van der Waals surface area contributed by atoms with Gasteiger partial charge in [-0.15, -0.1) is 12.3 Å². The van der Waals surface area contributed by atoms with Crippen molar-refractivity contribution in [3.05, 3.63) is 35.4 Å². The minimum Gasteiger partial charge on any atom is -0.368 e. The first-order chi connectivity index (χ1) is 9.85. The fourth-order valence-electron chi connectivity index (χ4n) is 1.88. The molecule has 21 heavy (non-hydrogen) atoms. The second-order valence-corrected chi connectivity index (χ2v) is 4.70. The number of rotatable bonds is 6. The van der Waals surface area contributed by atoms with E-state index in [9.17, 15) is 18.4 Å². The van der Waals surface area contributed by atoms with Crippen molar-refractivity contribution in [1.29, 1.82) is 0 Å². The van der Waals surface area contributed by atoms with Crippen molar-refractivity contribution >= 4 is 11.8 Å². The van der Waals surface area contributed by atoms with Crippen LogP contribution in [0.1, 0.15) is 31.2 Å². The summed E-state index contributed by atoms with van der Waals surface area (Å²) < 4.78 is 26.4. The molecule has 0 bridgehead atoms. The van der Waals surface area contributed by atoms with E-state index in [1.807, 2.05) is 0 Å². The van der Waals surface area contributed by atoms with Crippen LogP contribution in [0.5, 0.6) is 0 Å². The lowest BCUT2D eigenvalue weighted by atomic mass is 9.96. The minimum atomic E-state index is -0.951. The van der Waals surface area contributed by atoms with E-state index in [1.54, 1.807) is 6.92 Å². The maximum Gasteiger partial charge on any atom is 0.240 e. The first-order valence-electron chi connectivity index (χ1n) is 6.32. The third-order valence-electron chi connectivity index (χ3n) is 2.99. The molecular weight excluding hydrogens is 278 g/mol. The number of halogens is 2. The van der Waals surface area contributed by atoms with Crippen LogP contribution < -0.4 is 11.1 Å². The highest BCUT2D eigenvalue weighted by Gasteiger charge is 2.20. The van der Waals surface area contributed by atoms with Crippen LogP contribution in [0.4, 0.5) is 8.78 Å². The Morgan fingerprint density at radius 2 is 2.10 bits per heavy atom. The molecule has 0 heterocycles. The molecule has 0 saturated heterocycles. The van der Waals surface area contributed by atoms with Crippen molar-refractivity contribution in [3.63, 3.8) is 0 Å². The summed E-state index contributed by atoms with van der Waals surface area (Å²) in [5, 5.41) is 2.40. The van der Waals surface area contributed by atoms with Gasteiger partial charge in [-0.1, -0.05) is 13.0 Å². The van der Waals surface area contributed by atoms with Crippen LogP contribution >= 0.6 is 0 Å². The van der Waals surface area contributed by atoms with E-state index >= 15 is 0 Å². The summed E-state index contributed by atoms with van der Waals surface area (Å²) >= 11 is 0. The number of hydrogen-bond acceptors (Lipinski definition) is 2. The summed E-state index contributed by atoms with van der Waals surface area (Å²) in [6.45, 7) is 1.62. The number of nitrogens with two attached hydrogens (primary N) is 1. The fourth-order valence-corrected chi connectivity index (χ4v) is 1.88. The summed E-state index contributed by atoms with van der Waals surface area (Å²) in [5.41, 5.74) is 5.32. The molecule has 0 aliphatic heterocycles. The molecule has 1 aromatic rings. The zero-order valence-corrected chi connectivity index (χ0v) is 11.5. The van der Waals surface area contributed by atoms with Gasteiger partial charge in [0.1, 0.15) is 17.7 Å². The predicted octanol–water partition coefficient (Wildman–Crippen LogP) is 1.45. The van der Waals surface area contributed by atoms with E-state index in [0.29, 0.717) is 0 Å². The van der Waals surface area contributed by atoms with E-state index in [1.165, 1.54) is 6.07 Å². The molecule has 0 saturated carbocycles. The minimum absolute atomic E-state index is 0.0135. The number of carbonyl (C=O) groups is 2. The van der Waals surface area contributed by atoms with Gasteiger partial charge in [0.25, 0.3) is 0 Å². The second kappa shape index (κ2) is 7.39. The normalized spacial score (nSPS) is 13.0. The molecule has 1 rings (SSSR count). The molecule has 0 radical (unpaired) electrons. The van der Waals surface area contributed by atoms with E-state index in [0.717, 1.165) is 12.1 Å². The van der Waals surface area contributed by atoms with Gasteiger partial charge >= 0.3 is 0 Å². The van der Waals surface area contributed by atoms with Crippen LogP contribution in [0.2, 0.25) is 0 Å². The van der Waals surface area contributed by atoms with Gasteiger partial charge in [0.2, 0.25) is 11.8 Å². The average molecular weight is 294 g/mol. The molecule has 3 N–H and O–H groups in total. The number of amides is 2. The third-order valence-corrected chi connectivity index (χ3v) is 2.99. The summed E-state index contributed by atoms with van der Waals surface area (Å²) in [5.74, 6) is -0.861. The lowest BCUT2D eigenvalue weighted by Crippen LogP contribution is -2.44. The quantitative estimate of drug-likeness (QED) is 0.779. The molecule has 0 unspecified atom stereocenters. The molecule has 112 valence electrons. The standard InChI is InChI=1S/C15H16F2N2O2/c1-3-4-13(15(18)21)19-14(20)7-9(2)11-6-5-10(16)8-12(11)17/h1,5-6,8-9,13H,4,7H2,2H3,(H2,18,21)(H,19,20)/t9-,13+/m1/s1. The molecule has 6 heteroatoms. The second-order valence-electron chi connectivity index (χ2n) is 4.70. The zero-order chi connectivity index (χ0) is 16.0. The molecule has 1 aromatic carbocycles. The van der Waals surface area contributed by atoms with E-state index in [2.05, 4.69) is 11.2 Å². The first-order valence-corrected chi connectivity index (χ1v) is 6.32. The third kappa shape index (κ3) is 4.88. The molecule has 4 nitrogen and oxygen atoms in total. The number of benzene rings is 1. The molecule has 0 aliphatic rings. The van der Waals surface area contributed by atoms with Gasteiger partial charge in [-0.05, 0) is 17.5 Å². The molecular formula is C15H16F2N2O2. The van der Waals surface area contributed by atoms with Gasteiger partial charge in [-0.2, -0.15) is 0 Å². The average Bonchev–Trinajstić information content (AvgIpc) is 2.37. The van der Waals surface area contributed by atoms with Gasteiger partial charge in [0.05, 0.1) is 0 Å². The number of nitrogens with one attached hydrogen (secondary N) is 1. The topological polar surface area (TPSA) is 72.2 Å². The maximum atomic E-state index is 13.6. The molecule has 0 aliphatic carbocycles. The van der Waals surface area contributed by atoms with E-state index in [4.69, 9.17) is 12.2 Å². The Bertz CT molecular complexity index is 582. The SMILES string of the molecule is C#CC[C@H](NC(=O)C[C@@H](C)c1ccc(F)cc1F)C(N)=O. The van der Waals surface area contributed by atoms with Crippen LogP contribution in [0, 0.1) is 24.0 Å². The summed E-state index contributed by atoms with van der Waals surface area (Å²) in [4.78, 5) is 22.9. The van der Waals surface area contributed by atoms with Crippen LogP contribution in [0.15, 0.2) is 18.2 Å². The predicted molar refractivity (Wildman–Crippen MR) is 74.0 cm³/mol. The smallest absolute Gasteiger partial charge is 0.240 e. The largest absolute Gasteiger partial charge is 0.368 e. The summed E-state index contributed by atoms with van der Waals surface area (Å²) in [6, 6.07) is 2.22. The highest BCUT2D eigenvalue weighted by Crippen LogP contribution is 2.22. The molecule has 0 fully saturated rings. The first kappa shape index (κ1) is 16.6. The summed E-state index contributed by atoms with van der Waals surface area (Å²) in [6.07, 6.45) is 4.99. The van der Waals surface area contributed by atoms with Crippen molar-refractivity contribution in [3.8, 4) is 12.3 Å². The number of hydrogen-bond donors (Lipinski definition) is 2. The highest BCUT2D eigenvalue weighted by molar-refractivity contribution is 5.87. The lowest BCUT2D eigenvalue weighted by molar-refractivity contribution is -0.127. The lowest BCUT2D eigenvalue weighted by Gasteiger charge is -2.16. The van der Waals surface area contributed by atoms with Gasteiger partial charge < -0.3 is 11.1 Å². The molecule has 2 amide bonds. The van der Waals surface area contributed by atoms with E-state index in [-0.39, 0.29) is 18.4 Å². The van der Waals surface area contributed by atoms with Gasteiger partial charge in [-0.25, -0.2) is 8.78 Å². The summed E-state index contributed by atoms with van der Waals surface area (Å²) in [7, 11) is 0. The number of carbonyl (C=O) groups excluding carboxylic acids is 2. The van der Waals surface area contributed by atoms with Crippen molar-refractivity contribution in [2.75, 3.05) is 0 Å². The highest BCUT2D eigenvalue weighted by atomic mass is 19.1. The molecule has 0 spiro atoms. The fraction of sp³-hybridized carbons (Fsp3) is 0.333. The zero-order valence-electron chi connectivity index (χ0n) is 11.5. The van der Waals surface area contributed by atoms with Crippen LogP contribution in [0.25, 0.3) is 0 Å². The number of primary amides is 1.